The fourth-order valence-corrected chi connectivity index (χ4v) is 2.79. The van der Waals surface area contributed by atoms with Crippen molar-refractivity contribution in [2.24, 2.45) is 5.92 Å². The van der Waals surface area contributed by atoms with E-state index in [1.807, 2.05) is 0 Å². The van der Waals surface area contributed by atoms with Crippen molar-refractivity contribution in [2.75, 3.05) is 19.3 Å². The van der Waals surface area contributed by atoms with Crippen LogP contribution in [0.15, 0.2) is 0 Å². The van der Waals surface area contributed by atoms with Gasteiger partial charge < -0.3 is 10.4 Å². The summed E-state index contributed by atoms with van der Waals surface area (Å²) in [6.45, 7) is 4.19. The van der Waals surface area contributed by atoms with E-state index >= 15 is 0 Å². The third kappa shape index (κ3) is 4.22. The molecule has 6 nitrogen and oxygen atoms in total. The van der Waals surface area contributed by atoms with Gasteiger partial charge >= 0.3 is 0 Å². The van der Waals surface area contributed by atoms with Gasteiger partial charge in [0, 0.05) is 19.0 Å². The third-order valence-corrected chi connectivity index (χ3v) is 4.45. The molecule has 2 atom stereocenters. The molecule has 1 amide bonds. The Hall–Kier alpha value is -0.660. The summed E-state index contributed by atoms with van der Waals surface area (Å²) < 4.78 is 24.2. The van der Waals surface area contributed by atoms with E-state index in [4.69, 9.17) is 0 Å². The number of carbonyl (C=O) groups excluding carboxylic acids is 1. The van der Waals surface area contributed by atoms with Gasteiger partial charge in [0.25, 0.3) is 0 Å². The van der Waals surface area contributed by atoms with Gasteiger partial charge in [0.2, 0.25) is 15.9 Å². The minimum atomic E-state index is -3.23. The predicted molar refractivity (Wildman–Crippen MR) is 68.4 cm³/mol. The Morgan fingerprint density at radius 3 is 2.39 bits per heavy atom. The number of aliphatic hydroxyl groups excluding tert-OH is 1. The molecule has 1 heterocycles. The standard InChI is InChI=1S/C11H22N2O4S/c1-8(2)11(15)12-9-4-6-13(18(3,16)17)7-5-10(9)14/h8-10,14H,4-7H2,1-3H3,(H,12,15)/t9-,10-/m0/s1. The zero-order chi connectivity index (χ0) is 13.9. The first-order valence-corrected chi connectivity index (χ1v) is 8.00. The molecule has 2 N–H and O–H groups in total. The molecule has 18 heavy (non-hydrogen) atoms. The lowest BCUT2D eigenvalue weighted by atomic mass is 10.1. The highest BCUT2D eigenvalue weighted by atomic mass is 32.2. The topological polar surface area (TPSA) is 86.7 Å². The van der Waals surface area contributed by atoms with Crippen LogP contribution >= 0.6 is 0 Å². The first-order chi connectivity index (χ1) is 8.21. The van der Waals surface area contributed by atoms with Gasteiger partial charge in [0.1, 0.15) is 0 Å². The van der Waals surface area contributed by atoms with E-state index in [2.05, 4.69) is 5.32 Å². The van der Waals surface area contributed by atoms with E-state index in [1.165, 1.54) is 4.31 Å². The van der Waals surface area contributed by atoms with E-state index in [9.17, 15) is 18.3 Å². The lowest BCUT2D eigenvalue weighted by Gasteiger charge is -2.22. The van der Waals surface area contributed by atoms with Crippen molar-refractivity contribution in [2.45, 2.75) is 38.8 Å². The van der Waals surface area contributed by atoms with Crippen LogP contribution in [0.2, 0.25) is 0 Å². The Labute approximate surface area is 108 Å². The highest BCUT2D eigenvalue weighted by Crippen LogP contribution is 2.14. The molecule has 1 aliphatic heterocycles. The van der Waals surface area contributed by atoms with Crippen LogP contribution < -0.4 is 5.32 Å². The Balaban J connectivity index is 2.65. The summed E-state index contributed by atoms with van der Waals surface area (Å²) in [7, 11) is -3.23. The fraction of sp³-hybridized carbons (Fsp3) is 0.909. The molecule has 7 heteroatoms. The van der Waals surface area contributed by atoms with Crippen molar-refractivity contribution in [1.29, 1.82) is 0 Å². The zero-order valence-corrected chi connectivity index (χ0v) is 11.9. The Kier molecular flexibility index (Phi) is 5.12. The monoisotopic (exact) mass is 278 g/mol. The molecule has 106 valence electrons. The summed E-state index contributed by atoms with van der Waals surface area (Å²) in [5, 5.41) is 12.7. The van der Waals surface area contributed by atoms with Gasteiger partial charge in [-0.05, 0) is 12.8 Å². The molecule has 1 fully saturated rings. The molecule has 0 spiro atoms. The van der Waals surface area contributed by atoms with Crippen molar-refractivity contribution in [3.8, 4) is 0 Å². The molecular formula is C11H22N2O4S. The first-order valence-electron chi connectivity index (χ1n) is 6.15. The van der Waals surface area contributed by atoms with Gasteiger partial charge in [0.15, 0.2) is 0 Å². The van der Waals surface area contributed by atoms with Crippen LogP contribution in [0, 0.1) is 5.92 Å². The summed E-state index contributed by atoms with van der Waals surface area (Å²) in [5.41, 5.74) is 0. The van der Waals surface area contributed by atoms with Crippen LogP contribution in [0.5, 0.6) is 0 Å². The summed E-state index contributed by atoms with van der Waals surface area (Å²) in [6, 6.07) is -0.369. The summed E-state index contributed by atoms with van der Waals surface area (Å²) >= 11 is 0. The number of nitrogens with zero attached hydrogens (tertiary/aromatic N) is 1. The zero-order valence-electron chi connectivity index (χ0n) is 11.1. The molecule has 0 saturated carbocycles. The van der Waals surface area contributed by atoms with Crippen molar-refractivity contribution in [3.05, 3.63) is 0 Å². The maximum absolute atomic E-state index is 11.6. The van der Waals surface area contributed by atoms with Crippen molar-refractivity contribution in [3.63, 3.8) is 0 Å². The largest absolute Gasteiger partial charge is 0.391 e. The van der Waals surface area contributed by atoms with Crippen molar-refractivity contribution < 1.29 is 18.3 Å². The second-order valence-corrected chi connectivity index (χ2v) is 7.06. The SMILES string of the molecule is CC(C)C(=O)N[C@H]1CCN(S(C)(=O)=O)CC[C@@H]1O. The van der Waals surface area contributed by atoms with Crippen LogP contribution in [0.4, 0.5) is 0 Å². The van der Waals surface area contributed by atoms with Gasteiger partial charge in [-0.25, -0.2) is 12.7 Å². The van der Waals surface area contributed by atoms with E-state index in [0.717, 1.165) is 6.26 Å². The van der Waals surface area contributed by atoms with Crippen LogP contribution in [-0.4, -0.2) is 55.2 Å². The van der Waals surface area contributed by atoms with E-state index in [-0.39, 0.29) is 17.9 Å². The van der Waals surface area contributed by atoms with Crippen molar-refractivity contribution in [1.82, 2.24) is 9.62 Å². The highest BCUT2D eigenvalue weighted by molar-refractivity contribution is 7.88. The average Bonchev–Trinajstić information content (AvgIpc) is 2.41. The van der Waals surface area contributed by atoms with Crippen LogP contribution in [0.25, 0.3) is 0 Å². The number of hydrogen-bond acceptors (Lipinski definition) is 4. The van der Waals surface area contributed by atoms with Gasteiger partial charge in [-0.2, -0.15) is 0 Å². The molecule has 0 radical (unpaired) electrons. The Morgan fingerprint density at radius 1 is 1.33 bits per heavy atom. The summed E-state index contributed by atoms with van der Waals surface area (Å²) in [4.78, 5) is 11.6. The second kappa shape index (κ2) is 5.99. The maximum Gasteiger partial charge on any atom is 0.222 e. The molecule has 0 bridgehead atoms. The minimum Gasteiger partial charge on any atom is -0.391 e. The Morgan fingerprint density at radius 2 is 1.89 bits per heavy atom. The number of aliphatic hydroxyl groups is 1. The third-order valence-electron chi connectivity index (χ3n) is 3.15. The van der Waals surface area contributed by atoms with Crippen LogP contribution in [-0.2, 0) is 14.8 Å². The number of sulfonamides is 1. The van der Waals surface area contributed by atoms with Gasteiger partial charge in [0.05, 0.1) is 18.4 Å². The predicted octanol–water partition coefficient (Wildman–Crippen LogP) is -0.456. The van der Waals surface area contributed by atoms with Gasteiger partial charge in [-0.3, -0.25) is 4.79 Å². The first kappa shape index (κ1) is 15.4. The molecule has 0 aromatic carbocycles. The molecular weight excluding hydrogens is 256 g/mol. The lowest BCUT2D eigenvalue weighted by molar-refractivity contribution is -0.125. The average molecular weight is 278 g/mol. The summed E-state index contributed by atoms with van der Waals surface area (Å²) in [5.74, 6) is -0.265. The molecule has 1 rings (SSSR count). The molecule has 0 aromatic rings. The number of rotatable bonds is 3. The van der Waals surface area contributed by atoms with E-state index in [0.29, 0.717) is 25.9 Å². The molecule has 0 unspecified atom stereocenters. The maximum atomic E-state index is 11.6. The quantitative estimate of drug-likeness (QED) is 0.731. The van der Waals surface area contributed by atoms with Crippen LogP contribution in [0.3, 0.4) is 0 Å². The Bertz CT molecular complexity index is 394. The molecule has 0 aromatic heterocycles. The smallest absolute Gasteiger partial charge is 0.222 e. The minimum absolute atomic E-state index is 0.119. The number of nitrogens with one attached hydrogen (secondary N) is 1. The number of amides is 1. The van der Waals surface area contributed by atoms with Gasteiger partial charge in [-0.15, -0.1) is 0 Å². The van der Waals surface area contributed by atoms with E-state index < -0.39 is 16.1 Å². The molecule has 1 aliphatic rings. The molecule has 0 aliphatic carbocycles. The highest BCUT2D eigenvalue weighted by Gasteiger charge is 2.29. The van der Waals surface area contributed by atoms with Crippen molar-refractivity contribution >= 4 is 15.9 Å². The number of hydrogen-bond donors (Lipinski definition) is 2. The second-order valence-electron chi connectivity index (χ2n) is 5.08. The van der Waals surface area contributed by atoms with Crippen LogP contribution in [0.1, 0.15) is 26.7 Å². The summed E-state index contributed by atoms with van der Waals surface area (Å²) in [6.07, 6.45) is 1.24. The fourth-order valence-electron chi connectivity index (χ4n) is 1.91. The van der Waals surface area contributed by atoms with Gasteiger partial charge in [-0.1, -0.05) is 13.8 Å². The number of carbonyl (C=O) groups is 1. The van der Waals surface area contributed by atoms with E-state index in [1.54, 1.807) is 13.8 Å². The lowest BCUT2D eigenvalue weighted by Crippen LogP contribution is -2.44. The normalized spacial score (nSPS) is 26.9. The molecule has 1 saturated heterocycles.